The molecule has 0 aliphatic carbocycles. The van der Waals surface area contributed by atoms with Gasteiger partial charge < -0.3 is 15.4 Å². The van der Waals surface area contributed by atoms with Crippen molar-refractivity contribution in [3.05, 3.63) is 67.7 Å². The lowest BCUT2D eigenvalue weighted by Gasteiger charge is -2.38. The van der Waals surface area contributed by atoms with Gasteiger partial charge in [0.1, 0.15) is 5.69 Å². The molecule has 1 heterocycles. The molecule has 0 radical (unpaired) electrons. The number of amides is 1. The Hall–Kier alpha value is -2.35. The number of carbonyl (C=O) groups is 1. The van der Waals surface area contributed by atoms with Gasteiger partial charge in [-0.3, -0.25) is 14.9 Å². The van der Waals surface area contributed by atoms with Gasteiger partial charge in [-0.25, -0.2) is 0 Å². The number of anilines is 1. The minimum absolute atomic E-state index is 0.157. The van der Waals surface area contributed by atoms with Gasteiger partial charge >= 0.3 is 0 Å². The van der Waals surface area contributed by atoms with Crippen molar-refractivity contribution in [3.8, 4) is 0 Å². The molecule has 2 aromatic carbocycles. The van der Waals surface area contributed by atoms with E-state index in [0.29, 0.717) is 48.3 Å². The van der Waals surface area contributed by atoms with E-state index in [1.54, 1.807) is 24.3 Å². The first-order valence-corrected chi connectivity index (χ1v) is 9.89. The molecule has 0 saturated carbocycles. The standard InChI is InChI=1S/C20H21Cl2N3O4/c1-23-19(26)13-2-5-17(18(10-13)25(27)28)24-12-20(6-8-29-9-7-20)15-4-3-14(21)11-16(15)22/h2-5,10-11,24H,6-9,12H2,1H3,(H,23,26). The maximum atomic E-state index is 11.8. The van der Waals surface area contributed by atoms with Crippen LogP contribution in [0.5, 0.6) is 0 Å². The van der Waals surface area contributed by atoms with Gasteiger partial charge in [0, 0.05) is 53.9 Å². The van der Waals surface area contributed by atoms with Crippen molar-refractivity contribution >= 4 is 40.5 Å². The van der Waals surface area contributed by atoms with Crippen LogP contribution in [0, 0.1) is 10.1 Å². The third kappa shape index (κ3) is 4.63. The molecule has 1 aliphatic rings. The second-order valence-electron chi connectivity index (χ2n) is 6.94. The van der Waals surface area contributed by atoms with Crippen molar-refractivity contribution < 1.29 is 14.5 Å². The highest BCUT2D eigenvalue weighted by atomic mass is 35.5. The largest absolute Gasteiger partial charge is 0.381 e. The van der Waals surface area contributed by atoms with E-state index >= 15 is 0 Å². The van der Waals surface area contributed by atoms with Crippen molar-refractivity contribution in [2.75, 3.05) is 32.1 Å². The zero-order valence-corrected chi connectivity index (χ0v) is 17.3. The molecular formula is C20H21Cl2N3O4. The Morgan fingerprint density at radius 3 is 2.55 bits per heavy atom. The van der Waals surface area contributed by atoms with Crippen molar-refractivity contribution in [2.45, 2.75) is 18.3 Å². The zero-order valence-electron chi connectivity index (χ0n) is 15.8. The summed E-state index contributed by atoms with van der Waals surface area (Å²) in [4.78, 5) is 22.9. The Labute approximate surface area is 178 Å². The molecule has 0 aromatic heterocycles. The van der Waals surface area contributed by atoms with Gasteiger partial charge in [0.25, 0.3) is 11.6 Å². The number of nitrogens with zero attached hydrogens (tertiary/aromatic N) is 1. The van der Waals surface area contributed by atoms with Crippen molar-refractivity contribution in [1.82, 2.24) is 5.32 Å². The quantitative estimate of drug-likeness (QED) is 0.515. The molecule has 1 amide bonds. The monoisotopic (exact) mass is 437 g/mol. The topological polar surface area (TPSA) is 93.5 Å². The number of nitrogens with one attached hydrogen (secondary N) is 2. The Bertz CT molecular complexity index is 930. The highest BCUT2D eigenvalue weighted by Crippen LogP contribution is 2.40. The molecule has 1 fully saturated rings. The summed E-state index contributed by atoms with van der Waals surface area (Å²) in [5, 5.41) is 18.3. The summed E-state index contributed by atoms with van der Waals surface area (Å²) < 4.78 is 5.53. The molecule has 1 aliphatic heterocycles. The summed E-state index contributed by atoms with van der Waals surface area (Å²) in [6.07, 6.45) is 1.43. The number of hydrogen-bond donors (Lipinski definition) is 2. The SMILES string of the molecule is CNC(=O)c1ccc(NCC2(c3ccc(Cl)cc3Cl)CCOCC2)c([N+](=O)[O-])c1. The van der Waals surface area contributed by atoms with Gasteiger partial charge in [0.2, 0.25) is 0 Å². The lowest BCUT2D eigenvalue weighted by molar-refractivity contribution is -0.384. The number of rotatable bonds is 6. The van der Waals surface area contributed by atoms with E-state index in [4.69, 9.17) is 27.9 Å². The molecule has 0 atom stereocenters. The molecule has 0 spiro atoms. The van der Waals surface area contributed by atoms with E-state index < -0.39 is 4.92 Å². The van der Waals surface area contributed by atoms with E-state index in [1.807, 2.05) is 6.07 Å². The second kappa shape index (κ2) is 8.98. The van der Waals surface area contributed by atoms with E-state index in [9.17, 15) is 14.9 Å². The van der Waals surface area contributed by atoms with Crippen molar-refractivity contribution in [1.29, 1.82) is 0 Å². The van der Waals surface area contributed by atoms with Crippen LogP contribution in [0.4, 0.5) is 11.4 Å². The molecule has 7 nitrogen and oxygen atoms in total. The second-order valence-corrected chi connectivity index (χ2v) is 7.78. The fourth-order valence-corrected chi connectivity index (χ4v) is 4.21. The first kappa shape index (κ1) is 21.4. The Balaban J connectivity index is 1.92. The predicted molar refractivity (Wildman–Crippen MR) is 113 cm³/mol. The summed E-state index contributed by atoms with van der Waals surface area (Å²) in [7, 11) is 1.48. The van der Waals surface area contributed by atoms with Gasteiger partial charge in [-0.15, -0.1) is 0 Å². The molecule has 0 unspecified atom stereocenters. The van der Waals surface area contributed by atoms with Crippen molar-refractivity contribution in [3.63, 3.8) is 0 Å². The van der Waals surface area contributed by atoms with Crippen LogP contribution in [0.1, 0.15) is 28.8 Å². The number of carbonyl (C=O) groups excluding carboxylic acids is 1. The Morgan fingerprint density at radius 1 is 1.21 bits per heavy atom. The maximum Gasteiger partial charge on any atom is 0.293 e. The first-order chi connectivity index (χ1) is 13.9. The third-order valence-corrected chi connectivity index (χ3v) is 5.80. The lowest BCUT2D eigenvalue weighted by Crippen LogP contribution is -2.40. The average Bonchev–Trinajstić information content (AvgIpc) is 2.72. The maximum absolute atomic E-state index is 11.8. The first-order valence-electron chi connectivity index (χ1n) is 9.14. The lowest BCUT2D eigenvalue weighted by atomic mass is 9.74. The third-order valence-electron chi connectivity index (χ3n) is 5.25. The van der Waals surface area contributed by atoms with Crippen LogP contribution in [0.3, 0.4) is 0 Å². The summed E-state index contributed by atoms with van der Waals surface area (Å²) in [5.74, 6) is -0.381. The summed E-state index contributed by atoms with van der Waals surface area (Å²) in [5.41, 5.74) is 0.997. The minimum Gasteiger partial charge on any atom is -0.381 e. The molecular weight excluding hydrogens is 417 g/mol. The van der Waals surface area contributed by atoms with Crippen LogP contribution < -0.4 is 10.6 Å². The van der Waals surface area contributed by atoms with E-state index in [-0.39, 0.29) is 22.6 Å². The van der Waals surface area contributed by atoms with E-state index in [1.165, 1.54) is 13.1 Å². The van der Waals surface area contributed by atoms with Crippen LogP contribution >= 0.6 is 23.2 Å². The zero-order chi connectivity index (χ0) is 21.0. The van der Waals surface area contributed by atoms with Gasteiger partial charge in [0.15, 0.2) is 0 Å². The van der Waals surface area contributed by atoms with Crippen LogP contribution in [0.25, 0.3) is 0 Å². The minimum atomic E-state index is -0.499. The molecule has 2 aromatic rings. The molecule has 1 saturated heterocycles. The van der Waals surface area contributed by atoms with Gasteiger partial charge in [-0.05, 0) is 42.7 Å². The summed E-state index contributed by atoms with van der Waals surface area (Å²) >= 11 is 12.5. The normalized spacial score (nSPS) is 15.6. The molecule has 154 valence electrons. The number of benzene rings is 2. The molecule has 3 rings (SSSR count). The number of nitro groups is 1. The highest BCUT2D eigenvalue weighted by molar-refractivity contribution is 6.35. The smallest absolute Gasteiger partial charge is 0.293 e. The molecule has 2 N–H and O–H groups in total. The fourth-order valence-electron chi connectivity index (χ4n) is 3.61. The van der Waals surface area contributed by atoms with Crippen molar-refractivity contribution in [2.24, 2.45) is 0 Å². The average molecular weight is 438 g/mol. The fraction of sp³-hybridized carbons (Fsp3) is 0.350. The Morgan fingerprint density at radius 2 is 1.93 bits per heavy atom. The van der Waals surface area contributed by atoms with Crippen LogP contribution in [0.15, 0.2) is 36.4 Å². The molecule has 29 heavy (non-hydrogen) atoms. The number of halogens is 2. The summed E-state index contributed by atoms with van der Waals surface area (Å²) in [6.45, 7) is 1.56. The predicted octanol–water partition coefficient (Wildman–Crippen LogP) is 4.42. The van der Waals surface area contributed by atoms with Crippen LogP contribution in [-0.4, -0.2) is 37.6 Å². The number of nitro benzene ring substituents is 1. The van der Waals surface area contributed by atoms with E-state index in [2.05, 4.69) is 10.6 Å². The number of ether oxygens (including phenoxy) is 1. The van der Waals surface area contributed by atoms with Gasteiger partial charge in [0.05, 0.1) is 4.92 Å². The van der Waals surface area contributed by atoms with Gasteiger partial charge in [-0.2, -0.15) is 0 Å². The molecule has 9 heteroatoms. The van der Waals surface area contributed by atoms with E-state index in [0.717, 1.165) is 5.56 Å². The van der Waals surface area contributed by atoms with Crippen LogP contribution in [-0.2, 0) is 10.2 Å². The number of hydrogen-bond acceptors (Lipinski definition) is 5. The van der Waals surface area contributed by atoms with Crippen LogP contribution in [0.2, 0.25) is 10.0 Å². The molecule has 0 bridgehead atoms. The highest BCUT2D eigenvalue weighted by Gasteiger charge is 2.36. The van der Waals surface area contributed by atoms with Gasteiger partial charge in [-0.1, -0.05) is 29.3 Å². The summed E-state index contributed by atoms with van der Waals surface area (Å²) in [6, 6.07) is 9.78. The Kier molecular flexibility index (Phi) is 6.62.